The highest BCUT2D eigenvalue weighted by molar-refractivity contribution is 8.18. The number of hydrogen-bond acceptors (Lipinski definition) is 3. The molecule has 0 aliphatic carbocycles. The number of amides is 1. The molecule has 0 saturated carbocycles. The lowest BCUT2D eigenvalue weighted by Gasteiger charge is -2.18. The van der Waals surface area contributed by atoms with Gasteiger partial charge in [0.25, 0.3) is 5.91 Å². The molecule has 0 aliphatic heterocycles. The molecule has 1 amide bonds. The van der Waals surface area contributed by atoms with Gasteiger partial charge in [0, 0.05) is 12.2 Å². The Morgan fingerprint density at radius 3 is 2.33 bits per heavy atom. The monoisotopic (exact) mass is 308 g/mol. The number of rotatable bonds is 9. The first-order chi connectivity index (χ1) is 9.99. The molecule has 0 radical (unpaired) electrons. The second-order valence-electron chi connectivity index (χ2n) is 4.86. The van der Waals surface area contributed by atoms with Crippen LogP contribution in [0.3, 0.4) is 0 Å². The molecular weight excluding hydrogens is 280 g/mol. The quantitative estimate of drug-likeness (QED) is 0.377. The molecule has 0 atom stereocenters. The van der Waals surface area contributed by atoms with Crippen molar-refractivity contribution in [2.45, 2.75) is 59.4 Å². The molecule has 118 valence electrons. The zero-order valence-electron chi connectivity index (χ0n) is 13.7. The largest absolute Gasteiger partial charge is 0.349 e. The molecule has 21 heavy (non-hydrogen) atoms. The predicted molar refractivity (Wildman–Crippen MR) is 95.5 cm³/mol. The number of allylic oxidation sites excluding steroid dienone is 1. The first kappa shape index (κ1) is 19.7. The second kappa shape index (κ2) is 11.4. The Hall–Kier alpha value is -1.29. The number of nitrogens with zero attached hydrogens (tertiary/aromatic N) is 1. The van der Waals surface area contributed by atoms with Crippen molar-refractivity contribution in [1.29, 1.82) is 0 Å². The minimum absolute atomic E-state index is 0.104. The van der Waals surface area contributed by atoms with Crippen molar-refractivity contribution in [2.75, 3.05) is 0 Å². The van der Waals surface area contributed by atoms with Crippen LogP contribution in [0.5, 0.6) is 0 Å². The summed E-state index contributed by atoms with van der Waals surface area (Å²) in [6, 6.07) is 0.229. The number of aliphatic imine (C=N–C) groups is 1. The van der Waals surface area contributed by atoms with Crippen molar-refractivity contribution in [2.24, 2.45) is 4.99 Å². The summed E-state index contributed by atoms with van der Waals surface area (Å²) in [5, 5.41) is 3.82. The van der Waals surface area contributed by atoms with Crippen molar-refractivity contribution < 1.29 is 4.79 Å². The Balaban J connectivity index is 4.72. The second-order valence-corrected chi connectivity index (χ2v) is 5.95. The van der Waals surface area contributed by atoms with E-state index in [9.17, 15) is 4.79 Å². The molecule has 0 aromatic carbocycles. The van der Waals surface area contributed by atoms with Gasteiger partial charge in [-0.2, -0.15) is 0 Å². The predicted octanol–water partition coefficient (Wildman–Crippen LogP) is 4.83. The van der Waals surface area contributed by atoms with Gasteiger partial charge in [0.2, 0.25) is 0 Å². The molecule has 1 N–H and O–H groups in total. The van der Waals surface area contributed by atoms with Crippen LogP contribution in [0, 0.1) is 0 Å². The lowest BCUT2D eigenvalue weighted by atomic mass is 10.1. The summed E-state index contributed by atoms with van der Waals surface area (Å²) in [4.78, 5) is 16.9. The minimum Gasteiger partial charge on any atom is -0.349 e. The summed E-state index contributed by atoms with van der Waals surface area (Å²) in [6.45, 7) is 15.6. The third-order valence-corrected chi connectivity index (χ3v) is 4.11. The van der Waals surface area contributed by atoms with Crippen LogP contribution in [0.25, 0.3) is 0 Å². The third kappa shape index (κ3) is 7.90. The van der Waals surface area contributed by atoms with Crippen LogP contribution in [-0.2, 0) is 4.79 Å². The Labute approximate surface area is 133 Å². The molecule has 0 bridgehead atoms. The fraction of sp³-hybridized carbons (Fsp3) is 0.529. The fourth-order valence-electron chi connectivity index (χ4n) is 1.83. The Bertz CT molecular complexity index is 419. The number of thioether (sulfide) groups is 1. The number of carbonyl (C=O) groups excluding carboxylic acids is 1. The minimum atomic E-state index is -0.104. The third-order valence-electron chi connectivity index (χ3n) is 3.06. The molecule has 4 heteroatoms. The maximum atomic E-state index is 12.2. The van der Waals surface area contributed by atoms with Crippen molar-refractivity contribution in [3.8, 4) is 0 Å². The van der Waals surface area contributed by atoms with Gasteiger partial charge in [0.05, 0.1) is 4.91 Å². The van der Waals surface area contributed by atoms with Crippen LogP contribution in [0.2, 0.25) is 0 Å². The van der Waals surface area contributed by atoms with Gasteiger partial charge in [-0.1, -0.05) is 57.7 Å². The van der Waals surface area contributed by atoms with E-state index in [0.29, 0.717) is 4.91 Å². The Kier molecular flexibility index (Phi) is 10.7. The summed E-state index contributed by atoms with van der Waals surface area (Å²) < 4.78 is 0. The average molecular weight is 308 g/mol. The van der Waals surface area contributed by atoms with E-state index in [-0.39, 0.29) is 11.9 Å². The maximum absolute atomic E-state index is 12.2. The standard InChI is InChI=1S/C17H28N2OS/c1-7-11-15(12-8-2)19-16(20)14(6)21-17(18-10-4)13(5)9-3/h9-10,15H,4,6-8,11-12H2,1-3,5H3,(H,19,20)/b13-9-,18-17?. The summed E-state index contributed by atoms with van der Waals surface area (Å²) in [7, 11) is 0. The van der Waals surface area contributed by atoms with Gasteiger partial charge < -0.3 is 5.32 Å². The number of nitrogens with one attached hydrogen (secondary N) is 1. The lowest BCUT2D eigenvalue weighted by Crippen LogP contribution is -2.35. The Morgan fingerprint density at radius 1 is 1.33 bits per heavy atom. The van der Waals surface area contributed by atoms with E-state index >= 15 is 0 Å². The van der Waals surface area contributed by atoms with Crippen molar-refractivity contribution in [3.63, 3.8) is 0 Å². The zero-order valence-corrected chi connectivity index (χ0v) is 14.6. The van der Waals surface area contributed by atoms with Gasteiger partial charge >= 0.3 is 0 Å². The highest BCUT2D eigenvalue weighted by Gasteiger charge is 2.16. The maximum Gasteiger partial charge on any atom is 0.257 e. The molecule has 0 spiro atoms. The van der Waals surface area contributed by atoms with E-state index < -0.39 is 0 Å². The van der Waals surface area contributed by atoms with Crippen molar-refractivity contribution in [1.82, 2.24) is 5.32 Å². The van der Waals surface area contributed by atoms with Gasteiger partial charge in [-0.3, -0.25) is 4.79 Å². The van der Waals surface area contributed by atoms with E-state index in [1.165, 1.54) is 18.0 Å². The van der Waals surface area contributed by atoms with E-state index in [1.54, 1.807) is 0 Å². The van der Waals surface area contributed by atoms with Gasteiger partial charge in [-0.15, -0.1) is 0 Å². The smallest absolute Gasteiger partial charge is 0.257 e. The fourth-order valence-corrected chi connectivity index (χ4v) is 2.62. The van der Waals surface area contributed by atoms with Gasteiger partial charge in [0.15, 0.2) is 0 Å². The number of carbonyl (C=O) groups is 1. The number of hydrogen-bond donors (Lipinski definition) is 1. The summed E-state index contributed by atoms with van der Waals surface area (Å²) in [5.41, 5.74) is 1.01. The molecule has 0 unspecified atom stereocenters. The first-order valence-corrected chi connectivity index (χ1v) is 8.31. The van der Waals surface area contributed by atoms with E-state index in [1.807, 2.05) is 19.9 Å². The van der Waals surface area contributed by atoms with Crippen molar-refractivity contribution in [3.05, 3.63) is 35.9 Å². The molecular formula is C17H28N2OS. The van der Waals surface area contributed by atoms with Crippen LogP contribution >= 0.6 is 11.8 Å². The van der Waals surface area contributed by atoms with E-state index in [0.717, 1.165) is 36.3 Å². The van der Waals surface area contributed by atoms with E-state index in [4.69, 9.17) is 0 Å². The van der Waals surface area contributed by atoms with Crippen molar-refractivity contribution >= 4 is 22.7 Å². The van der Waals surface area contributed by atoms with Crippen LogP contribution in [-0.4, -0.2) is 17.0 Å². The average Bonchev–Trinajstić information content (AvgIpc) is 2.46. The molecule has 0 rings (SSSR count). The molecule has 0 fully saturated rings. The summed E-state index contributed by atoms with van der Waals surface area (Å²) >= 11 is 1.29. The Morgan fingerprint density at radius 2 is 1.90 bits per heavy atom. The highest BCUT2D eigenvalue weighted by atomic mass is 32.2. The SMILES string of the molecule is C=CN=C(SC(=C)C(=O)NC(CCC)CCC)/C(C)=C\C. The lowest BCUT2D eigenvalue weighted by molar-refractivity contribution is -0.117. The van der Waals surface area contributed by atoms with Gasteiger partial charge in [0.1, 0.15) is 5.04 Å². The van der Waals surface area contributed by atoms with Gasteiger partial charge in [-0.05, 0) is 32.3 Å². The van der Waals surface area contributed by atoms with Crippen LogP contribution in [0.15, 0.2) is 40.9 Å². The molecule has 0 aromatic heterocycles. The normalized spacial score (nSPS) is 12.4. The molecule has 3 nitrogen and oxygen atoms in total. The molecule has 0 saturated heterocycles. The molecule has 0 aliphatic rings. The topological polar surface area (TPSA) is 41.5 Å². The first-order valence-electron chi connectivity index (χ1n) is 7.49. The zero-order chi connectivity index (χ0) is 16.3. The van der Waals surface area contributed by atoms with Crippen LogP contribution < -0.4 is 5.32 Å². The van der Waals surface area contributed by atoms with E-state index in [2.05, 4.69) is 37.3 Å². The molecule has 0 aromatic rings. The van der Waals surface area contributed by atoms with Crippen LogP contribution in [0.4, 0.5) is 0 Å². The highest BCUT2D eigenvalue weighted by Crippen LogP contribution is 2.21. The summed E-state index contributed by atoms with van der Waals surface area (Å²) in [6.07, 6.45) is 7.56. The summed E-state index contributed by atoms with van der Waals surface area (Å²) in [5.74, 6) is -0.104. The van der Waals surface area contributed by atoms with Crippen LogP contribution in [0.1, 0.15) is 53.4 Å². The molecule has 0 heterocycles. The van der Waals surface area contributed by atoms with Gasteiger partial charge in [-0.25, -0.2) is 4.99 Å².